The summed E-state index contributed by atoms with van der Waals surface area (Å²) in [6, 6.07) is 12.0. The van der Waals surface area contributed by atoms with E-state index in [2.05, 4.69) is 43.4 Å². The van der Waals surface area contributed by atoms with Gasteiger partial charge in [0, 0.05) is 6.54 Å². The maximum Gasteiger partial charge on any atom is 0.0653 e. The van der Waals surface area contributed by atoms with Crippen LogP contribution in [0.25, 0.3) is 0 Å². The molecule has 1 nitrogen and oxygen atoms in total. The van der Waals surface area contributed by atoms with Crippen molar-refractivity contribution in [2.75, 3.05) is 5.32 Å². The molecule has 0 saturated heterocycles. The Bertz CT molecular complexity index is 606. The summed E-state index contributed by atoms with van der Waals surface area (Å²) < 4.78 is 0. The average Bonchev–Trinajstić information content (AvgIpc) is 2.42. The number of benzene rings is 2. The van der Waals surface area contributed by atoms with E-state index in [9.17, 15) is 0 Å². The summed E-state index contributed by atoms with van der Waals surface area (Å²) in [5, 5.41) is 4.81. The van der Waals surface area contributed by atoms with Gasteiger partial charge < -0.3 is 5.32 Å². The lowest BCUT2D eigenvalue weighted by atomic mass is 10.0. The van der Waals surface area contributed by atoms with Crippen molar-refractivity contribution in [3.05, 3.63) is 62.6 Å². The third-order valence-electron chi connectivity index (χ3n) is 3.16. The van der Waals surface area contributed by atoms with Crippen LogP contribution in [0.2, 0.25) is 15.1 Å². The summed E-state index contributed by atoms with van der Waals surface area (Å²) in [6.07, 6.45) is 1.10. The van der Waals surface area contributed by atoms with Gasteiger partial charge in [0.1, 0.15) is 0 Å². The van der Waals surface area contributed by atoms with Crippen molar-refractivity contribution in [1.29, 1.82) is 0 Å². The van der Waals surface area contributed by atoms with E-state index in [4.69, 9.17) is 34.8 Å². The van der Waals surface area contributed by atoms with E-state index in [0.29, 0.717) is 27.5 Å². The Hall–Kier alpha value is -0.890. The van der Waals surface area contributed by atoms with Crippen LogP contribution in [0.3, 0.4) is 0 Å². The minimum atomic E-state index is 0.463. The Morgan fingerprint density at radius 2 is 1.43 bits per heavy atom. The zero-order chi connectivity index (χ0) is 15.4. The highest BCUT2D eigenvalue weighted by molar-refractivity contribution is 6.44. The van der Waals surface area contributed by atoms with Gasteiger partial charge in [-0.25, -0.2) is 0 Å². The number of hydrogen-bond acceptors (Lipinski definition) is 1. The van der Waals surface area contributed by atoms with Crippen LogP contribution in [0.5, 0.6) is 0 Å². The Labute approximate surface area is 141 Å². The molecule has 2 aromatic rings. The molecule has 0 amide bonds. The predicted octanol–water partition coefficient (Wildman–Crippen LogP) is 6.46. The maximum absolute atomic E-state index is 6.14. The monoisotopic (exact) mass is 341 g/mol. The number of hydrogen-bond donors (Lipinski definition) is 1. The van der Waals surface area contributed by atoms with Crippen LogP contribution in [0.4, 0.5) is 5.69 Å². The van der Waals surface area contributed by atoms with Gasteiger partial charge in [0.05, 0.1) is 20.8 Å². The van der Waals surface area contributed by atoms with E-state index >= 15 is 0 Å². The quantitative estimate of drug-likeness (QED) is 0.615. The topological polar surface area (TPSA) is 12.0 Å². The lowest BCUT2D eigenvalue weighted by Crippen LogP contribution is -2.01. The van der Waals surface area contributed by atoms with Crippen LogP contribution in [-0.2, 0) is 13.0 Å². The van der Waals surface area contributed by atoms with Crippen molar-refractivity contribution in [2.45, 2.75) is 26.8 Å². The molecule has 1 N–H and O–H groups in total. The largest absolute Gasteiger partial charge is 0.380 e. The smallest absolute Gasteiger partial charge is 0.0653 e. The van der Waals surface area contributed by atoms with E-state index in [1.54, 1.807) is 12.1 Å². The van der Waals surface area contributed by atoms with Gasteiger partial charge >= 0.3 is 0 Å². The van der Waals surface area contributed by atoms with Crippen molar-refractivity contribution in [2.24, 2.45) is 5.92 Å². The van der Waals surface area contributed by atoms with E-state index in [1.165, 1.54) is 11.1 Å². The highest BCUT2D eigenvalue weighted by atomic mass is 35.5. The highest BCUT2D eigenvalue weighted by Crippen LogP contribution is 2.32. The zero-order valence-corrected chi connectivity index (χ0v) is 14.4. The molecule has 0 unspecified atom stereocenters. The Kier molecular flexibility index (Phi) is 5.80. The fourth-order valence-electron chi connectivity index (χ4n) is 2.12. The second kappa shape index (κ2) is 7.40. The SMILES string of the molecule is CC(C)Cc1ccc(CNc2cc(Cl)c(Cl)cc2Cl)cc1. The summed E-state index contributed by atoms with van der Waals surface area (Å²) in [7, 11) is 0. The molecule has 0 radical (unpaired) electrons. The summed E-state index contributed by atoms with van der Waals surface area (Å²) >= 11 is 18.1. The third kappa shape index (κ3) is 4.81. The first-order valence-electron chi connectivity index (χ1n) is 6.92. The van der Waals surface area contributed by atoms with Gasteiger partial charge in [0.2, 0.25) is 0 Å². The molecule has 0 aliphatic heterocycles. The molecule has 112 valence electrons. The van der Waals surface area contributed by atoms with Crippen LogP contribution in [0, 0.1) is 5.92 Å². The van der Waals surface area contributed by atoms with Crippen LogP contribution < -0.4 is 5.32 Å². The molecule has 21 heavy (non-hydrogen) atoms. The number of rotatable bonds is 5. The Balaban J connectivity index is 2.01. The molecule has 0 saturated carbocycles. The first-order chi connectivity index (χ1) is 9.95. The molecular formula is C17H18Cl3N. The summed E-state index contributed by atoms with van der Waals surface area (Å²) in [5.74, 6) is 0.670. The molecule has 0 aliphatic carbocycles. The van der Waals surface area contributed by atoms with Gasteiger partial charge in [-0.15, -0.1) is 0 Å². The first-order valence-corrected chi connectivity index (χ1v) is 8.05. The van der Waals surface area contributed by atoms with Gasteiger partial charge in [-0.2, -0.15) is 0 Å². The molecule has 0 fully saturated rings. The normalized spacial score (nSPS) is 11.0. The van der Waals surface area contributed by atoms with Gasteiger partial charge in [0.25, 0.3) is 0 Å². The Morgan fingerprint density at radius 3 is 2.05 bits per heavy atom. The van der Waals surface area contributed by atoms with Crippen LogP contribution in [0.15, 0.2) is 36.4 Å². The Morgan fingerprint density at radius 1 is 0.857 bits per heavy atom. The van der Waals surface area contributed by atoms with E-state index < -0.39 is 0 Å². The summed E-state index contributed by atoms with van der Waals surface area (Å²) in [4.78, 5) is 0. The van der Waals surface area contributed by atoms with E-state index in [0.717, 1.165) is 12.1 Å². The molecule has 2 rings (SSSR count). The van der Waals surface area contributed by atoms with Crippen molar-refractivity contribution < 1.29 is 0 Å². The van der Waals surface area contributed by atoms with Gasteiger partial charge in [0.15, 0.2) is 0 Å². The fourth-order valence-corrected chi connectivity index (χ4v) is 2.73. The predicted molar refractivity (Wildman–Crippen MR) is 93.8 cm³/mol. The lowest BCUT2D eigenvalue weighted by Gasteiger charge is -2.11. The second-order valence-electron chi connectivity index (χ2n) is 5.51. The molecule has 0 atom stereocenters. The van der Waals surface area contributed by atoms with Crippen LogP contribution in [-0.4, -0.2) is 0 Å². The number of anilines is 1. The van der Waals surface area contributed by atoms with Crippen LogP contribution in [0.1, 0.15) is 25.0 Å². The summed E-state index contributed by atoms with van der Waals surface area (Å²) in [5.41, 5.74) is 3.35. The van der Waals surface area contributed by atoms with E-state index in [-0.39, 0.29) is 0 Å². The maximum atomic E-state index is 6.14. The first kappa shape index (κ1) is 16.5. The molecule has 0 aromatic heterocycles. The number of nitrogens with one attached hydrogen (secondary N) is 1. The van der Waals surface area contributed by atoms with Crippen molar-refractivity contribution >= 4 is 40.5 Å². The van der Waals surface area contributed by atoms with Gasteiger partial charge in [-0.05, 0) is 35.6 Å². The molecule has 0 spiro atoms. The van der Waals surface area contributed by atoms with Crippen molar-refractivity contribution in [1.82, 2.24) is 0 Å². The van der Waals surface area contributed by atoms with Gasteiger partial charge in [-0.3, -0.25) is 0 Å². The lowest BCUT2D eigenvalue weighted by molar-refractivity contribution is 0.647. The minimum Gasteiger partial charge on any atom is -0.380 e. The molecule has 0 bridgehead atoms. The van der Waals surface area contributed by atoms with Crippen molar-refractivity contribution in [3.63, 3.8) is 0 Å². The summed E-state index contributed by atoms with van der Waals surface area (Å²) in [6.45, 7) is 5.14. The standard InChI is InChI=1S/C17H18Cl3N/c1-11(2)7-12-3-5-13(6-4-12)10-21-17-9-15(19)14(18)8-16(17)20/h3-6,8-9,11,21H,7,10H2,1-2H3. The van der Waals surface area contributed by atoms with Crippen LogP contribution >= 0.6 is 34.8 Å². The molecule has 4 heteroatoms. The molecule has 0 aliphatic rings. The van der Waals surface area contributed by atoms with Crippen molar-refractivity contribution in [3.8, 4) is 0 Å². The third-order valence-corrected chi connectivity index (χ3v) is 4.19. The molecule has 2 aromatic carbocycles. The second-order valence-corrected chi connectivity index (χ2v) is 6.74. The van der Waals surface area contributed by atoms with Gasteiger partial charge in [-0.1, -0.05) is 72.9 Å². The molecule has 0 heterocycles. The number of halogens is 3. The van der Waals surface area contributed by atoms with E-state index in [1.807, 2.05) is 0 Å². The average molecular weight is 343 g/mol. The molecular weight excluding hydrogens is 325 g/mol. The minimum absolute atomic E-state index is 0.463. The highest BCUT2D eigenvalue weighted by Gasteiger charge is 2.06. The zero-order valence-electron chi connectivity index (χ0n) is 12.1. The fraction of sp³-hybridized carbons (Fsp3) is 0.294.